The minimum absolute atomic E-state index is 0.149. The summed E-state index contributed by atoms with van der Waals surface area (Å²) in [7, 11) is 0. The van der Waals surface area contributed by atoms with Gasteiger partial charge in [0.2, 0.25) is 0 Å². The average molecular weight is 251 g/mol. The minimum Gasteiger partial charge on any atom is -0.258 e. The lowest BCUT2D eigenvalue weighted by Gasteiger charge is -1.98. The molecule has 0 aromatic carbocycles. The largest absolute Gasteiger partial charge is 0.303 e. The van der Waals surface area contributed by atoms with Gasteiger partial charge >= 0.3 is 5.69 Å². The highest BCUT2D eigenvalue weighted by atomic mass is 32.1. The molecule has 2 aromatic rings. The number of nitro groups is 2. The molecule has 0 saturated carbocycles. The third-order valence-electron chi connectivity index (χ3n) is 2.02. The zero-order valence-electron chi connectivity index (χ0n) is 8.27. The molecule has 0 amide bonds. The van der Waals surface area contributed by atoms with Gasteiger partial charge in [0.1, 0.15) is 6.20 Å². The Morgan fingerprint density at radius 3 is 2.53 bits per heavy atom. The molecule has 86 valence electrons. The fourth-order valence-electron chi connectivity index (χ4n) is 1.28. The van der Waals surface area contributed by atoms with E-state index in [1.165, 1.54) is 11.3 Å². The molecule has 0 spiro atoms. The van der Waals surface area contributed by atoms with Crippen LogP contribution in [0, 0.1) is 20.2 Å². The standard InChI is InChI=1S/C9H5N3O4S/c13-11(14)6-4-7(12(15)16)9(10-5-6)8-2-1-3-17-8/h1-5H. The molecule has 0 atom stereocenters. The number of rotatable bonds is 3. The van der Waals surface area contributed by atoms with Crippen molar-refractivity contribution in [3.05, 3.63) is 50.0 Å². The minimum atomic E-state index is -0.710. The van der Waals surface area contributed by atoms with Crippen LogP contribution in [0.25, 0.3) is 10.6 Å². The average Bonchev–Trinajstić information content (AvgIpc) is 2.81. The maximum Gasteiger partial charge on any atom is 0.303 e. The Morgan fingerprint density at radius 2 is 2.00 bits per heavy atom. The molecule has 0 aliphatic heterocycles. The Labute approximate surface area is 98.7 Å². The molecule has 0 bridgehead atoms. The first-order chi connectivity index (χ1) is 8.09. The summed E-state index contributed by atoms with van der Waals surface area (Å²) in [6.07, 6.45) is 1.02. The Hall–Kier alpha value is -2.35. The second-order valence-electron chi connectivity index (χ2n) is 3.05. The van der Waals surface area contributed by atoms with Crippen LogP contribution in [0.3, 0.4) is 0 Å². The van der Waals surface area contributed by atoms with Crippen molar-refractivity contribution in [3.8, 4) is 10.6 Å². The second-order valence-corrected chi connectivity index (χ2v) is 4.00. The van der Waals surface area contributed by atoms with Gasteiger partial charge in [-0.1, -0.05) is 6.07 Å². The summed E-state index contributed by atoms with van der Waals surface area (Å²) in [6, 6.07) is 4.32. The Kier molecular flexibility index (Phi) is 2.79. The SMILES string of the molecule is O=[N+]([O-])c1cnc(-c2cccs2)c([N+](=O)[O-])c1. The highest BCUT2D eigenvalue weighted by molar-refractivity contribution is 7.13. The number of nitrogens with zero attached hydrogens (tertiary/aromatic N) is 3. The van der Waals surface area contributed by atoms with Crippen LogP contribution in [-0.2, 0) is 0 Å². The van der Waals surface area contributed by atoms with Crippen LogP contribution in [0.1, 0.15) is 0 Å². The number of pyridine rings is 1. The molecule has 0 aliphatic carbocycles. The fourth-order valence-corrected chi connectivity index (χ4v) is 2.01. The van der Waals surface area contributed by atoms with E-state index in [1.54, 1.807) is 17.5 Å². The van der Waals surface area contributed by atoms with E-state index in [2.05, 4.69) is 4.98 Å². The van der Waals surface area contributed by atoms with Gasteiger partial charge in [-0.3, -0.25) is 20.2 Å². The second kappa shape index (κ2) is 4.26. The van der Waals surface area contributed by atoms with E-state index in [0.29, 0.717) is 4.88 Å². The molecule has 8 heteroatoms. The number of aromatic nitrogens is 1. The predicted octanol–water partition coefficient (Wildman–Crippen LogP) is 2.63. The number of hydrogen-bond donors (Lipinski definition) is 0. The normalized spacial score (nSPS) is 10.1. The predicted molar refractivity (Wildman–Crippen MR) is 60.9 cm³/mol. The molecule has 0 radical (unpaired) electrons. The van der Waals surface area contributed by atoms with Gasteiger partial charge < -0.3 is 0 Å². The molecule has 0 N–H and O–H groups in total. The van der Waals surface area contributed by atoms with E-state index in [1.807, 2.05) is 0 Å². The zero-order chi connectivity index (χ0) is 12.4. The van der Waals surface area contributed by atoms with Gasteiger partial charge in [0.05, 0.1) is 20.8 Å². The molecule has 2 heterocycles. The Balaban J connectivity index is 2.61. The van der Waals surface area contributed by atoms with E-state index in [9.17, 15) is 20.2 Å². The van der Waals surface area contributed by atoms with Gasteiger partial charge in [-0.05, 0) is 11.4 Å². The molecule has 7 nitrogen and oxygen atoms in total. The van der Waals surface area contributed by atoms with Crippen molar-refractivity contribution < 1.29 is 9.85 Å². The van der Waals surface area contributed by atoms with Crippen molar-refractivity contribution >= 4 is 22.7 Å². The van der Waals surface area contributed by atoms with Gasteiger partial charge in [0.25, 0.3) is 5.69 Å². The lowest BCUT2D eigenvalue weighted by Crippen LogP contribution is -1.97. The third kappa shape index (κ3) is 2.11. The summed E-state index contributed by atoms with van der Waals surface area (Å²) in [5, 5.41) is 23.1. The van der Waals surface area contributed by atoms with E-state index in [-0.39, 0.29) is 11.4 Å². The van der Waals surface area contributed by atoms with Crippen LogP contribution < -0.4 is 0 Å². The first-order valence-corrected chi connectivity index (χ1v) is 5.30. The van der Waals surface area contributed by atoms with Gasteiger partial charge in [-0.2, -0.15) is 0 Å². The molecule has 0 aliphatic rings. The maximum absolute atomic E-state index is 10.8. The maximum atomic E-state index is 10.8. The van der Waals surface area contributed by atoms with Crippen LogP contribution >= 0.6 is 11.3 Å². The molecule has 2 aromatic heterocycles. The summed E-state index contributed by atoms with van der Waals surface area (Å²) in [5.74, 6) is 0. The lowest BCUT2D eigenvalue weighted by atomic mass is 10.2. The van der Waals surface area contributed by atoms with Gasteiger partial charge in [-0.15, -0.1) is 11.3 Å². The van der Waals surface area contributed by atoms with E-state index in [0.717, 1.165) is 12.3 Å². The highest BCUT2D eigenvalue weighted by Crippen LogP contribution is 2.33. The van der Waals surface area contributed by atoms with Gasteiger partial charge in [0, 0.05) is 0 Å². The van der Waals surface area contributed by atoms with E-state index >= 15 is 0 Å². The van der Waals surface area contributed by atoms with Crippen molar-refractivity contribution in [2.75, 3.05) is 0 Å². The van der Waals surface area contributed by atoms with Crippen molar-refractivity contribution in [3.63, 3.8) is 0 Å². The summed E-state index contributed by atoms with van der Waals surface area (Å²) >= 11 is 1.29. The molecular formula is C9H5N3O4S. The Bertz CT molecular complexity index is 582. The summed E-state index contributed by atoms with van der Waals surface area (Å²) in [4.78, 5) is 24.4. The zero-order valence-corrected chi connectivity index (χ0v) is 9.09. The molecular weight excluding hydrogens is 246 g/mol. The topological polar surface area (TPSA) is 99.2 Å². The summed E-state index contributed by atoms with van der Waals surface area (Å²) in [6.45, 7) is 0. The fraction of sp³-hybridized carbons (Fsp3) is 0. The smallest absolute Gasteiger partial charge is 0.258 e. The van der Waals surface area contributed by atoms with Crippen molar-refractivity contribution in [1.82, 2.24) is 4.98 Å². The van der Waals surface area contributed by atoms with E-state index in [4.69, 9.17) is 0 Å². The van der Waals surface area contributed by atoms with Gasteiger partial charge in [0.15, 0.2) is 5.69 Å². The highest BCUT2D eigenvalue weighted by Gasteiger charge is 2.22. The quantitative estimate of drug-likeness (QED) is 0.616. The molecule has 0 fully saturated rings. The number of thiophene rings is 1. The van der Waals surface area contributed by atoms with Crippen LogP contribution in [0.2, 0.25) is 0 Å². The van der Waals surface area contributed by atoms with Crippen molar-refractivity contribution in [2.24, 2.45) is 0 Å². The van der Waals surface area contributed by atoms with Crippen molar-refractivity contribution in [1.29, 1.82) is 0 Å². The third-order valence-corrected chi connectivity index (χ3v) is 2.89. The molecule has 0 unspecified atom stereocenters. The first kappa shape index (κ1) is 11.1. The number of hydrogen-bond acceptors (Lipinski definition) is 6. The summed E-state index contributed by atoms with van der Waals surface area (Å²) < 4.78 is 0. The first-order valence-electron chi connectivity index (χ1n) is 4.42. The van der Waals surface area contributed by atoms with Gasteiger partial charge in [-0.25, -0.2) is 4.98 Å². The van der Waals surface area contributed by atoms with E-state index < -0.39 is 15.5 Å². The Morgan fingerprint density at radius 1 is 1.24 bits per heavy atom. The van der Waals surface area contributed by atoms with Crippen LogP contribution in [0.15, 0.2) is 29.8 Å². The summed E-state index contributed by atoms with van der Waals surface area (Å²) in [5.41, 5.74) is -0.603. The molecule has 2 rings (SSSR count). The van der Waals surface area contributed by atoms with Crippen LogP contribution in [0.4, 0.5) is 11.4 Å². The molecule has 17 heavy (non-hydrogen) atoms. The lowest BCUT2D eigenvalue weighted by molar-refractivity contribution is -0.394. The monoisotopic (exact) mass is 251 g/mol. The van der Waals surface area contributed by atoms with Crippen molar-refractivity contribution in [2.45, 2.75) is 0 Å². The van der Waals surface area contributed by atoms with Crippen LogP contribution in [-0.4, -0.2) is 14.8 Å². The van der Waals surface area contributed by atoms with Crippen LogP contribution in [0.5, 0.6) is 0 Å². The molecule has 0 saturated heterocycles.